The molecule has 0 aromatic rings. The average molecular weight is 240 g/mol. The Kier molecular flexibility index (Phi) is 13.4. The van der Waals surface area contributed by atoms with Crippen LogP contribution in [0.1, 0.15) is 6.42 Å². The number of carbonyl (C=O) groups excluding carboxylic acids is 2. The van der Waals surface area contributed by atoms with Crippen molar-refractivity contribution in [2.24, 2.45) is 0 Å². The molecular formula is C5H6Cl4O2. The van der Waals surface area contributed by atoms with Gasteiger partial charge in [-0.15, -0.1) is 34.8 Å². The Hall–Kier alpha value is 0.500. The number of hydrogen-bond acceptors (Lipinski definition) is 2. The number of rotatable bonds is 3. The minimum absolute atomic E-state index is 0.140. The quantitative estimate of drug-likeness (QED) is 0.431. The lowest BCUT2D eigenvalue weighted by Gasteiger charge is -1.84. The highest BCUT2D eigenvalue weighted by atomic mass is 35.5. The van der Waals surface area contributed by atoms with E-state index in [1.54, 1.807) is 0 Å². The van der Waals surface area contributed by atoms with E-state index < -0.39 is 5.24 Å². The second-order valence-electron chi connectivity index (χ2n) is 1.31. The zero-order valence-corrected chi connectivity index (χ0v) is 8.47. The highest BCUT2D eigenvalue weighted by Gasteiger charge is 2.03. The number of halogens is 4. The van der Waals surface area contributed by atoms with Crippen LogP contribution in [0, 0.1) is 0 Å². The van der Waals surface area contributed by atoms with Gasteiger partial charge in [0.25, 0.3) is 0 Å². The van der Waals surface area contributed by atoms with E-state index >= 15 is 0 Å². The van der Waals surface area contributed by atoms with Crippen molar-refractivity contribution in [3.05, 3.63) is 0 Å². The first kappa shape index (κ1) is 14.0. The second-order valence-corrected chi connectivity index (χ2v) is 2.80. The van der Waals surface area contributed by atoms with Gasteiger partial charge in [-0.05, 0) is 11.6 Å². The zero-order chi connectivity index (χ0) is 9.28. The van der Waals surface area contributed by atoms with Crippen LogP contribution in [0.4, 0.5) is 0 Å². The van der Waals surface area contributed by atoms with Crippen LogP contribution in [0.3, 0.4) is 0 Å². The monoisotopic (exact) mass is 238 g/mol. The molecule has 0 rings (SSSR count). The summed E-state index contributed by atoms with van der Waals surface area (Å²) < 4.78 is 0. The molecule has 0 radical (unpaired) electrons. The van der Waals surface area contributed by atoms with Gasteiger partial charge in [0.05, 0.1) is 17.6 Å². The van der Waals surface area contributed by atoms with Crippen LogP contribution in [0.2, 0.25) is 0 Å². The molecule has 0 aliphatic carbocycles. The Morgan fingerprint density at radius 1 is 1.09 bits per heavy atom. The fourth-order valence-electron chi connectivity index (χ4n) is 0.202. The molecule has 0 spiro atoms. The Labute approximate surface area is 84.7 Å². The molecular weight excluding hydrogens is 234 g/mol. The van der Waals surface area contributed by atoms with Crippen LogP contribution in [0.15, 0.2) is 0 Å². The third kappa shape index (κ3) is 18.0. The van der Waals surface area contributed by atoms with Gasteiger partial charge in [0.15, 0.2) is 5.78 Å². The van der Waals surface area contributed by atoms with E-state index in [0.29, 0.717) is 0 Å². The van der Waals surface area contributed by atoms with Gasteiger partial charge in [-0.2, -0.15) is 0 Å². The number of Topliss-reactive ketones (excluding diaryl/α,β-unsaturated/α-hetero) is 1. The first-order valence-corrected chi connectivity index (χ1v) is 4.44. The van der Waals surface area contributed by atoms with Crippen LogP contribution in [-0.2, 0) is 9.59 Å². The first-order valence-electron chi connectivity index (χ1n) is 2.46. The predicted molar refractivity (Wildman–Crippen MR) is 47.8 cm³/mol. The molecule has 0 aromatic heterocycles. The van der Waals surface area contributed by atoms with Gasteiger partial charge in [-0.25, -0.2) is 0 Å². The van der Waals surface area contributed by atoms with Gasteiger partial charge in [0.1, 0.15) is 0 Å². The summed E-state index contributed by atoms with van der Waals surface area (Å²) in [5, 5.41) is -0.462. The summed E-state index contributed by atoms with van der Waals surface area (Å²) in [6.07, 6.45) is -0.259. The molecule has 0 N–H and O–H groups in total. The van der Waals surface area contributed by atoms with Crippen molar-refractivity contribution in [1.29, 1.82) is 0 Å². The molecule has 0 bridgehead atoms. The number of ketones is 1. The highest BCUT2D eigenvalue weighted by molar-refractivity contribution is 6.65. The third-order valence-electron chi connectivity index (χ3n) is 0.485. The van der Waals surface area contributed by atoms with Gasteiger partial charge in [0, 0.05) is 0 Å². The maximum absolute atomic E-state index is 10.2. The van der Waals surface area contributed by atoms with Crippen LogP contribution in [0.25, 0.3) is 0 Å². The molecule has 6 heteroatoms. The fourth-order valence-corrected chi connectivity index (χ4v) is 0.446. The summed E-state index contributed by atoms with van der Waals surface area (Å²) >= 11 is 19.4. The summed E-state index contributed by atoms with van der Waals surface area (Å²) in [4.78, 5) is 20.1. The maximum Gasteiger partial charge on any atom is 0.229 e. The number of hydrogen-bond donors (Lipinski definition) is 0. The Bertz CT molecular complexity index is 126. The molecule has 0 saturated heterocycles. The van der Waals surface area contributed by atoms with Gasteiger partial charge in [0.2, 0.25) is 5.24 Å². The minimum Gasteiger partial charge on any atom is -0.298 e. The molecule has 0 unspecified atom stereocenters. The lowest BCUT2D eigenvalue weighted by molar-refractivity contribution is -0.121. The molecule has 0 aliphatic heterocycles. The predicted octanol–water partition coefficient (Wildman–Crippen LogP) is 2.37. The summed E-state index contributed by atoms with van der Waals surface area (Å²) in [7, 11) is 0. The van der Waals surface area contributed by atoms with Crippen molar-refractivity contribution in [1.82, 2.24) is 0 Å². The lowest BCUT2D eigenvalue weighted by Crippen LogP contribution is -2.02. The maximum atomic E-state index is 10.2. The summed E-state index contributed by atoms with van der Waals surface area (Å²) in [5.41, 5.74) is 0. The standard InChI is InChI=1S/C4H4Cl2O2.CH2Cl2/c5-2-3(7)1-4(6)8;2-1-3/h1-2H2;1H2. The Balaban J connectivity index is 0. The van der Waals surface area contributed by atoms with E-state index in [1.165, 1.54) is 0 Å². The molecule has 0 amide bonds. The summed E-state index contributed by atoms with van der Waals surface area (Å²) in [6.45, 7) is 0. The van der Waals surface area contributed by atoms with Crippen molar-refractivity contribution in [3.8, 4) is 0 Å². The molecule has 0 saturated carbocycles. The van der Waals surface area contributed by atoms with Crippen molar-refractivity contribution in [2.75, 3.05) is 11.2 Å². The molecule has 0 fully saturated rings. The van der Waals surface area contributed by atoms with Crippen LogP contribution >= 0.6 is 46.4 Å². The summed E-state index contributed by atoms with van der Waals surface area (Å²) in [6, 6.07) is 0. The highest BCUT2D eigenvalue weighted by Crippen LogP contribution is 1.91. The van der Waals surface area contributed by atoms with E-state index in [4.69, 9.17) is 46.4 Å². The van der Waals surface area contributed by atoms with E-state index in [1.807, 2.05) is 0 Å². The topological polar surface area (TPSA) is 34.1 Å². The van der Waals surface area contributed by atoms with Crippen LogP contribution < -0.4 is 0 Å². The number of carbonyl (C=O) groups is 2. The smallest absolute Gasteiger partial charge is 0.229 e. The lowest BCUT2D eigenvalue weighted by atomic mass is 10.3. The largest absolute Gasteiger partial charge is 0.298 e. The minimum atomic E-state index is -0.657. The van der Waals surface area contributed by atoms with Crippen molar-refractivity contribution in [2.45, 2.75) is 6.42 Å². The number of alkyl halides is 3. The van der Waals surface area contributed by atoms with Crippen molar-refractivity contribution >= 4 is 57.4 Å². The molecule has 2 nitrogen and oxygen atoms in total. The normalized spacial score (nSPS) is 8.00. The average Bonchev–Trinajstić information content (AvgIpc) is 1.88. The van der Waals surface area contributed by atoms with Gasteiger partial charge < -0.3 is 0 Å². The van der Waals surface area contributed by atoms with Gasteiger partial charge >= 0.3 is 0 Å². The third-order valence-corrected chi connectivity index (χ3v) is 0.917. The molecule has 66 valence electrons. The van der Waals surface area contributed by atoms with E-state index in [0.717, 1.165) is 0 Å². The first-order chi connectivity index (χ1) is 5.08. The van der Waals surface area contributed by atoms with E-state index in [9.17, 15) is 9.59 Å². The zero-order valence-electron chi connectivity index (χ0n) is 5.45. The van der Waals surface area contributed by atoms with Crippen molar-refractivity contribution in [3.63, 3.8) is 0 Å². The van der Waals surface area contributed by atoms with E-state index in [2.05, 4.69) is 0 Å². The molecule has 0 aromatic carbocycles. The van der Waals surface area contributed by atoms with Gasteiger partial charge in [-0.3, -0.25) is 9.59 Å². The van der Waals surface area contributed by atoms with Crippen LogP contribution in [0.5, 0.6) is 0 Å². The second kappa shape index (κ2) is 10.5. The van der Waals surface area contributed by atoms with Crippen molar-refractivity contribution < 1.29 is 9.59 Å². The van der Waals surface area contributed by atoms with Crippen LogP contribution in [-0.4, -0.2) is 22.2 Å². The van der Waals surface area contributed by atoms with E-state index in [-0.39, 0.29) is 23.4 Å². The Morgan fingerprint density at radius 2 is 1.45 bits per heavy atom. The molecule has 11 heavy (non-hydrogen) atoms. The fraction of sp³-hybridized carbons (Fsp3) is 0.600. The molecule has 0 atom stereocenters. The SMILES string of the molecule is ClCCl.O=C(Cl)CC(=O)CCl. The molecule has 0 heterocycles. The van der Waals surface area contributed by atoms with Gasteiger partial charge in [-0.1, -0.05) is 0 Å². The summed E-state index contributed by atoms with van der Waals surface area (Å²) in [5.74, 6) is -0.481. The Morgan fingerprint density at radius 3 is 1.55 bits per heavy atom. The molecule has 0 aliphatic rings.